The Hall–Kier alpha value is -2.65. The first kappa shape index (κ1) is 30.3. The number of hydrogen-bond acceptors (Lipinski definition) is 4. The second-order valence-electron chi connectivity index (χ2n) is 12.0. The number of hydrogen-bond donors (Lipinski definition) is 2. The molecule has 0 radical (unpaired) electrons. The summed E-state index contributed by atoms with van der Waals surface area (Å²) in [4.78, 5) is 15.0. The van der Waals surface area contributed by atoms with E-state index in [1.54, 1.807) is 4.90 Å². The van der Waals surface area contributed by atoms with Crippen LogP contribution in [0.15, 0.2) is 60.7 Å². The molecule has 2 aromatic carbocycles. The number of rotatable bonds is 13. The van der Waals surface area contributed by atoms with Crippen molar-refractivity contribution in [2.24, 2.45) is 29.6 Å². The number of aliphatic hydroxyl groups excluding tert-OH is 2. The molecule has 5 nitrogen and oxygen atoms in total. The summed E-state index contributed by atoms with van der Waals surface area (Å²) in [7, 11) is 0. The Kier molecular flexibility index (Phi) is 11.7. The molecule has 40 heavy (non-hydrogen) atoms. The molecular weight excluding hydrogens is 498 g/mol. The highest BCUT2D eigenvalue weighted by molar-refractivity contribution is 5.94. The molecule has 0 heterocycles. The van der Waals surface area contributed by atoms with Gasteiger partial charge in [-0.15, -0.1) is 0 Å². The lowest BCUT2D eigenvalue weighted by molar-refractivity contribution is -0.123. The summed E-state index contributed by atoms with van der Waals surface area (Å²) < 4.78 is 5.91. The van der Waals surface area contributed by atoms with Crippen molar-refractivity contribution >= 4 is 11.6 Å². The smallest absolute Gasteiger partial charge is 0.253 e. The number of carbonyl (C=O) groups excluding carboxylic acids is 1. The van der Waals surface area contributed by atoms with Gasteiger partial charge in [0, 0.05) is 18.2 Å². The van der Waals surface area contributed by atoms with E-state index in [9.17, 15) is 15.0 Å². The maximum atomic E-state index is 13.2. The van der Waals surface area contributed by atoms with Crippen molar-refractivity contribution < 1.29 is 19.7 Å². The zero-order chi connectivity index (χ0) is 28.3. The Morgan fingerprint density at radius 2 is 1.80 bits per heavy atom. The Morgan fingerprint density at radius 3 is 2.52 bits per heavy atom. The number of nitrogens with zero attached hydrogens (tertiary/aromatic N) is 1. The van der Waals surface area contributed by atoms with Crippen LogP contribution in [0.4, 0.5) is 5.69 Å². The summed E-state index contributed by atoms with van der Waals surface area (Å²) in [6.45, 7) is 5.49. The van der Waals surface area contributed by atoms with E-state index in [2.05, 4.69) is 25.7 Å². The zero-order valence-corrected chi connectivity index (χ0v) is 24.3. The molecule has 0 bridgehead atoms. The highest BCUT2D eigenvalue weighted by Crippen LogP contribution is 2.50. The standard InChI is InChI=1S/C35H47NO4/c1-3-4-11-26(2)20-31(37)16-17-32-33-22-28(21-29(33)23-34(32)38)18-19-40-25-35(39)36(30-14-9-6-10-15-30)24-27-12-7-5-8-13-27/h5-10,12-15,26,28-29,31-34,37-38H,3-4,11,18-25H2,1-2H3/t26?,28?,29-,31?,32-,33-,34-/m1/s1. The lowest BCUT2D eigenvalue weighted by Gasteiger charge is -2.23. The number of aliphatic hydroxyl groups is 2. The van der Waals surface area contributed by atoms with Gasteiger partial charge in [-0.05, 0) is 73.5 Å². The SMILES string of the molecule is CCCCC(C)CC(O)C#C[C@@H]1[C@@H]2CC(CCOCC(=O)N(Cc3ccccc3)c3ccccc3)C[C@@H]2C[C@H]1O. The van der Waals surface area contributed by atoms with Crippen molar-refractivity contribution in [3.8, 4) is 11.8 Å². The van der Waals surface area contributed by atoms with Crippen molar-refractivity contribution in [2.75, 3.05) is 18.1 Å². The monoisotopic (exact) mass is 545 g/mol. The van der Waals surface area contributed by atoms with Crippen molar-refractivity contribution in [3.63, 3.8) is 0 Å². The van der Waals surface area contributed by atoms with Crippen molar-refractivity contribution in [2.45, 2.75) is 84.0 Å². The molecule has 2 aliphatic carbocycles. The average molecular weight is 546 g/mol. The van der Waals surface area contributed by atoms with E-state index in [-0.39, 0.29) is 18.4 Å². The van der Waals surface area contributed by atoms with Crippen LogP contribution in [0.3, 0.4) is 0 Å². The molecule has 2 N–H and O–H groups in total. The lowest BCUT2D eigenvalue weighted by Crippen LogP contribution is -2.33. The number of benzene rings is 2. The summed E-state index contributed by atoms with van der Waals surface area (Å²) >= 11 is 0. The summed E-state index contributed by atoms with van der Waals surface area (Å²) in [6, 6.07) is 19.8. The van der Waals surface area contributed by atoms with Crippen molar-refractivity contribution in [1.29, 1.82) is 0 Å². The fourth-order valence-electron chi connectivity index (χ4n) is 6.66. The van der Waals surface area contributed by atoms with Gasteiger partial charge < -0.3 is 19.8 Å². The summed E-state index contributed by atoms with van der Waals surface area (Å²) in [6.07, 6.45) is 7.01. The van der Waals surface area contributed by atoms with Gasteiger partial charge >= 0.3 is 0 Å². The first-order chi connectivity index (χ1) is 19.4. The second-order valence-corrected chi connectivity index (χ2v) is 12.0. The number of amides is 1. The Morgan fingerprint density at radius 1 is 1.07 bits per heavy atom. The normalized spacial score (nSPS) is 25.1. The number of fused-ring (bicyclic) bond motifs is 1. The van der Waals surface area contributed by atoms with E-state index < -0.39 is 12.2 Å². The minimum Gasteiger partial charge on any atom is -0.392 e. The first-order valence-electron chi connectivity index (χ1n) is 15.3. The van der Waals surface area contributed by atoms with Crippen LogP contribution in [0.2, 0.25) is 0 Å². The minimum atomic E-state index is -0.612. The van der Waals surface area contributed by atoms with Crippen LogP contribution in [-0.2, 0) is 16.1 Å². The van der Waals surface area contributed by atoms with Crippen LogP contribution in [0.1, 0.15) is 70.8 Å². The lowest BCUT2D eigenvalue weighted by atomic mass is 9.90. The zero-order valence-electron chi connectivity index (χ0n) is 24.3. The second kappa shape index (κ2) is 15.4. The van der Waals surface area contributed by atoms with Crippen LogP contribution in [0.5, 0.6) is 0 Å². The Balaban J connectivity index is 1.23. The summed E-state index contributed by atoms with van der Waals surface area (Å²) in [5.74, 6) is 8.13. The fourth-order valence-corrected chi connectivity index (χ4v) is 6.66. The van der Waals surface area contributed by atoms with E-state index >= 15 is 0 Å². The third-order valence-electron chi connectivity index (χ3n) is 8.81. The van der Waals surface area contributed by atoms with Gasteiger partial charge in [0.15, 0.2) is 0 Å². The van der Waals surface area contributed by atoms with E-state index in [0.717, 1.165) is 43.4 Å². The van der Waals surface area contributed by atoms with Crippen LogP contribution in [0.25, 0.3) is 0 Å². The predicted octanol–water partition coefficient (Wildman–Crippen LogP) is 6.23. The van der Waals surface area contributed by atoms with Gasteiger partial charge in [0.2, 0.25) is 0 Å². The first-order valence-corrected chi connectivity index (χ1v) is 15.3. The molecule has 0 aromatic heterocycles. The van der Waals surface area contributed by atoms with Gasteiger partial charge in [-0.25, -0.2) is 0 Å². The van der Waals surface area contributed by atoms with Crippen LogP contribution in [-0.4, -0.2) is 41.5 Å². The van der Waals surface area contributed by atoms with Gasteiger partial charge in [0.25, 0.3) is 5.91 Å². The summed E-state index contributed by atoms with van der Waals surface area (Å²) in [5, 5.41) is 21.1. The van der Waals surface area contributed by atoms with Gasteiger partial charge in [-0.2, -0.15) is 0 Å². The molecular formula is C35H47NO4. The third-order valence-corrected chi connectivity index (χ3v) is 8.81. The van der Waals surface area contributed by atoms with Gasteiger partial charge in [-0.3, -0.25) is 4.79 Å². The quantitative estimate of drug-likeness (QED) is 0.231. The van der Waals surface area contributed by atoms with E-state index in [1.165, 1.54) is 12.8 Å². The molecule has 0 aliphatic heterocycles. The van der Waals surface area contributed by atoms with Gasteiger partial charge in [0.1, 0.15) is 12.7 Å². The summed E-state index contributed by atoms with van der Waals surface area (Å²) in [5.41, 5.74) is 1.95. The highest BCUT2D eigenvalue weighted by Gasteiger charge is 2.47. The van der Waals surface area contributed by atoms with E-state index in [1.807, 2.05) is 60.7 Å². The van der Waals surface area contributed by atoms with E-state index in [0.29, 0.717) is 43.2 Å². The number of para-hydroxylation sites is 1. The molecule has 2 aliphatic rings. The molecule has 0 saturated heterocycles. The molecule has 3 unspecified atom stereocenters. The fraction of sp³-hybridized carbons (Fsp3) is 0.571. The Bertz CT molecular complexity index is 1090. The average Bonchev–Trinajstić information content (AvgIpc) is 3.48. The number of ether oxygens (including phenoxy) is 1. The number of unbranched alkanes of at least 4 members (excludes halogenated alkanes) is 1. The Labute approximate surface area is 240 Å². The molecule has 2 fully saturated rings. The minimum absolute atomic E-state index is 0.0422. The molecule has 216 valence electrons. The van der Waals surface area contributed by atoms with Crippen LogP contribution < -0.4 is 4.90 Å². The van der Waals surface area contributed by atoms with Gasteiger partial charge in [-0.1, -0.05) is 93.5 Å². The molecule has 0 spiro atoms. The largest absolute Gasteiger partial charge is 0.392 e. The number of carbonyl (C=O) groups is 1. The predicted molar refractivity (Wildman–Crippen MR) is 160 cm³/mol. The van der Waals surface area contributed by atoms with Gasteiger partial charge in [0.05, 0.1) is 12.6 Å². The topological polar surface area (TPSA) is 70.0 Å². The third kappa shape index (κ3) is 8.67. The molecule has 2 saturated carbocycles. The van der Waals surface area contributed by atoms with Crippen molar-refractivity contribution in [1.82, 2.24) is 0 Å². The molecule has 5 heteroatoms. The van der Waals surface area contributed by atoms with Crippen LogP contribution >= 0.6 is 0 Å². The molecule has 4 rings (SSSR count). The molecule has 1 amide bonds. The van der Waals surface area contributed by atoms with E-state index in [4.69, 9.17) is 4.74 Å². The van der Waals surface area contributed by atoms with Crippen molar-refractivity contribution in [3.05, 3.63) is 66.2 Å². The number of anilines is 1. The molecule has 2 aromatic rings. The maximum absolute atomic E-state index is 13.2. The van der Waals surface area contributed by atoms with Crippen LogP contribution in [0, 0.1) is 41.4 Å². The maximum Gasteiger partial charge on any atom is 0.253 e. The molecule has 7 atom stereocenters. The highest BCUT2D eigenvalue weighted by atomic mass is 16.5.